The molecule has 0 saturated heterocycles. The van der Waals surface area contributed by atoms with Crippen LogP contribution < -0.4 is 16.0 Å². The molecule has 0 spiro atoms. The molecular weight excluding hydrogens is 638 g/mol. The summed E-state index contributed by atoms with van der Waals surface area (Å²) in [7, 11) is 1.61. The van der Waals surface area contributed by atoms with Gasteiger partial charge in [0.25, 0.3) is 0 Å². The number of anilines is 1. The normalized spacial score (nSPS) is 12.6. The summed E-state index contributed by atoms with van der Waals surface area (Å²) in [5.41, 5.74) is 3.23. The number of guanidine groups is 1. The van der Waals surface area contributed by atoms with Crippen molar-refractivity contribution in [3.8, 4) is 0 Å². The molecule has 1 aromatic carbocycles. The predicted octanol–water partition coefficient (Wildman–Crippen LogP) is 2.76. The monoisotopic (exact) mass is 683 g/mol. The molecule has 0 unspecified atom stereocenters. The van der Waals surface area contributed by atoms with E-state index in [1.54, 1.807) is 7.05 Å². The number of benzene rings is 1. The van der Waals surface area contributed by atoms with Gasteiger partial charge in [-0.15, -0.1) is 5.10 Å². The lowest BCUT2D eigenvalue weighted by Crippen LogP contribution is -2.26. The van der Waals surface area contributed by atoms with E-state index >= 15 is 0 Å². The molecule has 15 nitrogen and oxygen atoms in total. The van der Waals surface area contributed by atoms with Gasteiger partial charge in [-0.1, -0.05) is 30.7 Å². The molecule has 1 aliphatic rings. The molecule has 0 bridgehead atoms. The van der Waals surface area contributed by atoms with Gasteiger partial charge in [0.15, 0.2) is 5.96 Å². The number of aliphatic imine (C=N–C) groups is 1. The zero-order valence-corrected chi connectivity index (χ0v) is 28.4. The fourth-order valence-corrected chi connectivity index (χ4v) is 4.54. The van der Waals surface area contributed by atoms with Crippen LogP contribution in [-0.2, 0) is 41.6 Å². The third kappa shape index (κ3) is 15.1. The minimum absolute atomic E-state index is 0.0281. The number of rotatable bonds is 21. The molecule has 3 heterocycles. The molecule has 256 valence electrons. The number of hydrogen-bond donors (Lipinski definition) is 3. The zero-order valence-electron chi connectivity index (χ0n) is 26.8. The first-order valence-electron chi connectivity index (χ1n) is 15.4. The standard InChI is InChI=1S/C20H38N4O6.C9H8ClN5S/c1-18(2)4-6-24-16-19(22-23-24)17-30-15-14-29-13-12-28-11-10-27-9-8-26-7-5-20(25)21-3;10-5-1-2-6-8(15-16-14-6)7(5)13-9-11-3-4-12-9/h16,18H,4-15,17H2,1-3H3,(H,21,25);1-2H,3-4H2,(H2,11,12,13). The van der Waals surface area contributed by atoms with Crippen LogP contribution in [0.2, 0.25) is 5.02 Å². The number of aryl methyl sites for hydroxylation is 1. The summed E-state index contributed by atoms with van der Waals surface area (Å²) in [6.45, 7) is 11.7. The topological polar surface area (TPSA) is 168 Å². The molecule has 17 heteroatoms. The number of halogens is 1. The number of amides is 1. The number of ether oxygens (including phenoxy) is 5. The largest absolute Gasteiger partial charge is 0.379 e. The highest BCUT2D eigenvalue weighted by Gasteiger charge is 2.13. The number of carbonyl (C=O) groups is 1. The molecule has 0 radical (unpaired) electrons. The van der Waals surface area contributed by atoms with Gasteiger partial charge in [0.05, 0.1) is 101 Å². The molecule has 3 aromatic rings. The minimum atomic E-state index is -0.0281. The molecule has 0 saturated carbocycles. The maximum Gasteiger partial charge on any atom is 0.222 e. The number of hydrogen-bond acceptors (Lipinski definition) is 14. The average molecular weight is 684 g/mol. The van der Waals surface area contributed by atoms with Crippen molar-refractivity contribution in [1.82, 2.24) is 34.4 Å². The van der Waals surface area contributed by atoms with Crippen molar-refractivity contribution in [3.05, 3.63) is 29.0 Å². The zero-order chi connectivity index (χ0) is 32.8. The smallest absolute Gasteiger partial charge is 0.222 e. The molecular formula is C29H46ClN9O6S. The van der Waals surface area contributed by atoms with Crippen molar-refractivity contribution >= 4 is 51.9 Å². The summed E-state index contributed by atoms with van der Waals surface area (Å²) in [5.74, 6) is 1.36. The average Bonchev–Trinajstić information content (AvgIpc) is 3.84. The fourth-order valence-electron chi connectivity index (χ4n) is 3.80. The van der Waals surface area contributed by atoms with Gasteiger partial charge in [-0.2, -0.15) is 8.75 Å². The summed E-state index contributed by atoms with van der Waals surface area (Å²) in [5, 5.41) is 17.6. The van der Waals surface area contributed by atoms with E-state index in [4.69, 9.17) is 35.3 Å². The maximum absolute atomic E-state index is 11.0. The number of aromatic nitrogens is 5. The van der Waals surface area contributed by atoms with Gasteiger partial charge in [0.2, 0.25) is 5.91 Å². The SMILES string of the molecule is CNC(=O)CCOCCOCCOCCOCCOCc1cn(CCC(C)C)nn1.Clc1ccc2nsnc2c1NC1=NCCN1. The van der Waals surface area contributed by atoms with Crippen molar-refractivity contribution in [1.29, 1.82) is 0 Å². The van der Waals surface area contributed by atoms with Crippen LogP contribution in [0.5, 0.6) is 0 Å². The predicted molar refractivity (Wildman–Crippen MR) is 177 cm³/mol. The van der Waals surface area contributed by atoms with Crippen LogP contribution in [0.1, 0.15) is 32.4 Å². The highest BCUT2D eigenvalue weighted by atomic mass is 35.5. The van der Waals surface area contributed by atoms with Gasteiger partial charge in [0.1, 0.15) is 16.7 Å². The number of nitrogens with zero attached hydrogens (tertiary/aromatic N) is 6. The van der Waals surface area contributed by atoms with E-state index in [0.717, 1.165) is 54.4 Å². The molecule has 4 rings (SSSR count). The lowest BCUT2D eigenvalue weighted by molar-refractivity contribution is -0.121. The Kier molecular flexibility index (Phi) is 18.3. The Morgan fingerprint density at radius 3 is 2.30 bits per heavy atom. The first kappa shape index (κ1) is 37.5. The molecule has 1 aliphatic heterocycles. The van der Waals surface area contributed by atoms with Gasteiger partial charge in [-0.25, -0.2) is 0 Å². The van der Waals surface area contributed by atoms with Crippen LogP contribution in [0.3, 0.4) is 0 Å². The van der Waals surface area contributed by atoms with Crippen molar-refractivity contribution in [3.63, 3.8) is 0 Å². The number of carbonyl (C=O) groups excluding carboxylic acids is 1. The lowest BCUT2D eigenvalue weighted by atomic mass is 10.1. The molecule has 0 fully saturated rings. The van der Waals surface area contributed by atoms with Crippen LogP contribution in [-0.4, -0.2) is 115 Å². The van der Waals surface area contributed by atoms with Crippen LogP contribution in [0.15, 0.2) is 23.3 Å². The van der Waals surface area contributed by atoms with E-state index in [1.165, 1.54) is 11.7 Å². The maximum atomic E-state index is 11.0. The Bertz CT molecular complexity index is 1310. The van der Waals surface area contributed by atoms with Crippen molar-refractivity contribution in [2.45, 2.75) is 39.8 Å². The first-order chi connectivity index (χ1) is 22.5. The Morgan fingerprint density at radius 1 is 1.00 bits per heavy atom. The van der Waals surface area contributed by atoms with Gasteiger partial charge in [0, 0.05) is 26.6 Å². The van der Waals surface area contributed by atoms with Crippen LogP contribution in [0, 0.1) is 5.92 Å². The molecule has 0 aliphatic carbocycles. The lowest BCUT2D eigenvalue weighted by Gasteiger charge is -2.08. The molecule has 3 N–H and O–H groups in total. The number of fused-ring (bicyclic) bond motifs is 1. The Morgan fingerprint density at radius 2 is 1.67 bits per heavy atom. The van der Waals surface area contributed by atoms with E-state index in [-0.39, 0.29) is 5.91 Å². The van der Waals surface area contributed by atoms with E-state index in [1.807, 2.05) is 23.0 Å². The quantitative estimate of drug-likeness (QED) is 0.141. The first-order valence-corrected chi connectivity index (χ1v) is 16.5. The van der Waals surface area contributed by atoms with E-state index < -0.39 is 0 Å². The van der Waals surface area contributed by atoms with Gasteiger partial charge in [-0.3, -0.25) is 14.5 Å². The third-order valence-corrected chi connectivity index (χ3v) is 7.16. The second-order valence-corrected chi connectivity index (χ2v) is 11.4. The summed E-state index contributed by atoms with van der Waals surface area (Å²) in [6.07, 6.45) is 3.38. The van der Waals surface area contributed by atoms with Crippen molar-refractivity contribution < 1.29 is 28.5 Å². The van der Waals surface area contributed by atoms with E-state index in [2.05, 4.69) is 53.8 Å². The second-order valence-electron chi connectivity index (χ2n) is 10.4. The summed E-state index contributed by atoms with van der Waals surface area (Å²) < 4.78 is 37.3. The Balaban J connectivity index is 0.000000297. The number of nitrogens with one attached hydrogen (secondary N) is 3. The van der Waals surface area contributed by atoms with Gasteiger partial charge < -0.3 is 39.6 Å². The highest BCUT2D eigenvalue weighted by molar-refractivity contribution is 7.00. The molecule has 0 atom stereocenters. The highest BCUT2D eigenvalue weighted by Crippen LogP contribution is 2.29. The fraction of sp³-hybridized carbons (Fsp3) is 0.655. The molecule has 2 aromatic heterocycles. The van der Waals surface area contributed by atoms with Crippen molar-refractivity contribution in [2.24, 2.45) is 10.9 Å². The van der Waals surface area contributed by atoms with E-state index in [0.29, 0.717) is 83.4 Å². The van der Waals surface area contributed by atoms with Crippen LogP contribution >= 0.6 is 23.3 Å². The second kappa shape index (κ2) is 22.5. The summed E-state index contributed by atoms with van der Waals surface area (Å²) >= 11 is 7.30. The third-order valence-electron chi connectivity index (χ3n) is 6.31. The van der Waals surface area contributed by atoms with E-state index in [9.17, 15) is 4.79 Å². The summed E-state index contributed by atoms with van der Waals surface area (Å²) in [4.78, 5) is 15.2. The Labute approximate surface area is 279 Å². The van der Waals surface area contributed by atoms with Crippen LogP contribution in [0.4, 0.5) is 5.69 Å². The van der Waals surface area contributed by atoms with Crippen molar-refractivity contribution in [2.75, 3.05) is 84.9 Å². The molecule has 46 heavy (non-hydrogen) atoms. The molecule has 1 amide bonds. The minimum Gasteiger partial charge on any atom is -0.379 e. The van der Waals surface area contributed by atoms with Gasteiger partial charge in [-0.05, 0) is 24.5 Å². The Hall–Kier alpha value is -2.99. The summed E-state index contributed by atoms with van der Waals surface area (Å²) in [6, 6.07) is 3.67. The van der Waals surface area contributed by atoms with Gasteiger partial charge >= 0.3 is 0 Å². The van der Waals surface area contributed by atoms with Crippen LogP contribution in [0.25, 0.3) is 11.0 Å².